The number of carbonyl (C=O) groups is 1. The van der Waals surface area contributed by atoms with Gasteiger partial charge in [0, 0.05) is 12.1 Å². The lowest BCUT2D eigenvalue weighted by Gasteiger charge is -2.58. The van der Waals surface area contributed by atoms with E-state index < -0.39 is 11.4 Å². The molecule has 0 radical (unpaired) electrons. The molecular weight excluding hydrogens is 228 g/mol. The molecule has 0 aliphatic heterocycles. The summed E-state index contributed by atoms with van der Waals surface area (Å²) in [6.45, 7) is 0. The Balaban J connectivity index is 1.83. The Morgan fingerprint density at radius 3 is 2.61 bits per heavy atom. The summed E-state index contributed by atoms with van der Waals surface area (Å²) >= 11 is 0. The Morgan fingerprint density at radius 2 is 2.06 bits per heavy atom. The van der Waals surface area contributed by atoms with Gasteiger partial charge in [-0.1, -0.05) is 0 Å². The standard InChI is InChI=1S/C14H18N2O2/c17-13(18)14-4-8-1-9(5-14)3-10(2-8)12(14)11-6-15-7-16-11/h6-10,12H,1-5H2,(H,15,16)(H,17,18). The molecule has 0 aromatic carbocycles. The summed E-state index contributed by atoms with van der Waals surface area (Å²) in [6.07, 6.45) is 9.00. The molecule has 1 aromatic rings. The molecule has 3 unspecified atom stereocenters. The maximum Gasteiger partial charge on any atom is 0.310 e. The van der Waals surface area contributed by atoms with Gasteiger partial charge < -0.3 is 10.1 Å². The molecule has 4 heteroatoms. The fourth-order valence-corrected chi connectivity index (χ4v) is 5.31. The van der Waals surface area contributed by atoms with Crippen molar-refractivity contribution < 1.29 is 9.90 Å². The Kier molecular flexibility index (Phi) is 1.98. The van der Waals surface area contributed by atoms with Gasteiger partial charge in [0.15, 0.2) is 0 Å². The summed E-state index contributed by atoms with van der Waals surface area (Å²) in [4.78, 5) is 19.3. The van der Waals surface area contributed by atoms with E-state index in [2.05, 4.69) is 9.97 Å². The average Bonchev–Trinajstić information content (AvgIpc) is 2.80. The molecule has 3 atom stereocenters. The quantitative estimate of drug-likeness (QED) is 0.842. The van der Waals surface area contributed by atoms with Crippen molar-refractivity contribution in [3.8, 4) is 0 Å². The van der Waals surface area contributed by atoms with Crippen molar-refractivity contribution in [2.24, 2.45) is 23.2 Å². The first kappa shape index (κ1) is 10.6. The molecular formula is C14H18N2O2. The van der Waals surface area contributed by atoms with Crippen molar-refractivity contribution >= 4 is 5.97 Å². The van der Waals surface area contributed by atoms with E-state index >= 15 is 0 Å². The zero-order valence-corrected chi connectivity index (χ0v) is 10.3. The monoisotopic (exact) mass is 246 g/mol. The van der Waals surface area contributed by atoms with Gasteiger partial charge in [0.1, 0.15) is 0 Å². The van der Waals surface area contributed by atoms with Gasteiger partial charge in [0.25, 0.3) is 0 Å². The first-order valence-corrected chi connectivity index (χ1v) is 6.91. The van der Waals surface area contributed by atoms with Gasteiger partial charge in [0.2, 0.25) is 0 Å². The molecule has 4 fully saturated rings. The molecule has 2 N–H and O–H groups in total. The number of H-pyrrole nitrogens is 1. The molecule has 1 heterocycles. The predicted octanol–water partition coefficient (Wildman–Crippen LogP) is 2.40. The highest BCUT2D eigenvalue weighted by Crippen LogP contribution is 2.65. The lowest BCUT2D eigenvalue weighted by molar-refractivity contribution is -0.169. The van der Waals surface area contributed by atoms with Crippen LogP contribution in [0.4, 0.5) is 0 Å². The maximum atomic E-state index is 11.9. The van der Waals surface area contributed by atoms with E-state index in [0.717, 1.165) is 18.5 Å². The number of carboxylic acid groups (broad SMARTS) is 1. The summed E-state index contributed by atoms with van der Waals surface area (Å²) in [5.41, 5.74) is 0.449. The van der Waals surface area contributed by atoms with Crippen molar-refractivity contribution in [3.05, 3.63) is 18.2 Å². The van der Waals surface area contributed by atoms with Crippen LogP contribution in [-0.2, 0) is 4.79 Å². The fraction of sp³-hybridized carbons (Fsp3) is 0.714. The van der Waals surface area contributed by atoms with Crippen LogP contribution in [0.25, 0.3) is 0 Å². The first-order chi connectivity index (χ1) is 8.69. The van der Waals surface area contributed by atoms with Gasteiger partial charge in [-0.3, -0.25) is 4.79 Å². The summed E-state index contributed by atoms with van der Waals surface area (Å²) in [5.74, 6) is 1.38. The second-order valence-electron chi connectivity index (χ2n) is 6.54. The summed E-state index contributed by atoms with van der Waals surface area (Å²) in [5, 5.41) is 9.81. The number of aromatic amines is 1. The number of rotatable bonds is 2. The molecule has 0 saturated heterocycles. The molecule has 4 aliphatic carbocycles. The number of aliphatic carboxylic acids is 1. The van der Waals surface area contributed by atoms with E-state index in [0.29, 0.717) is 17.8 Å². The molecule has 0 amide bonds. The molecule has 1 aromatic heterocycles. The van der Waals surface area contributed by atoms with Crippen LogP contribution >= 0.6 is 0 Å². The first-order valence-electron chi connectivity index (χ1n) is 6.91. The van der Waals surface area contributed by atoms with Crippen LogP contribution in [-0.4, -0.2) is 21.0 Å². The van der Waals surface area contributed by atoms with Crippen LogP contribution in [0.1, 0.15) is 43.7 Å². The van der Waals surface area contributed by atoms with E-state index in [1.807, 2.05) is 6.20 Å². The number of hydrogen-bond donors (Lipinski definition) is 2. The number of nitrogens with zero attached hydrogens (tertiary/aromatic N) is 1. The van der Waals surface area contributed by atoms with Crippen molar-refractivity contribution in [1.29, 1.82) is 0 Å². The topological polar surface area (TPSA) is 66.0 Å². The third kappa shape index (κ3) is 1.21. The van der Waals surface area contributed by atoms with Crippen molar-refractivity contribution in [1.82, 2.24) is 9.97 Å². The van der Waals surface area contributed by atoms with Crippen molar-refractivity contribution in [2.45, 2.75) is 38.0 Å². The van der Waals surface area contributed by atoms with E-state index in [-0.39, 0.29) is 5.92 Å². The van der Waals surface area contributed by atoms with Crippen LogP contribution in [0.15, 0.2) is 12.5 Å². The molecule has 4 nitrogen and oxygen atoms in total. The van der Waals surface area contributed by atoms with Gasteiger partial charge in [-0.15, -0.1) is 0 Å². The van der Waals surface area contributed by atoms with Gasteiger partial charge in [-0.25, -0.2) is 4.98 Å². The Labute approximate surface area is 106 Å². The fourth-order valence-electron chi connectivity index (χ4n) is 5.31. The van der Waals surface area contributed by atoms with Gasteiger partial charge in [-0.2, -0.15) is 0 Å². The minimum atomic E-state index is -0.588. The minimum Gasteiger partial charge on any atom is -0.481 e. The van der Waals surface area contributed by atoms with Crippen LogP contribution in [0.3, 0.4) is 0 Å². The predicted molar refractivity (Wildman–Crippen MR) is 65.0 cm³/mol. The van der Waals surface area contributed by atoms with Gasteiger partial charge >= 0.3 is 5.97 Å². The molecule has 18 heavy (non-hydrogen) atoms. The third-order valence-corrected chi connectivity index (χ3v) is 5.58. The third-order valence-electron chi connectivity index (χ3n) is 5.58. The minimum absolute atomic E-state index is 0.133. The number of carboxylic acids is 1. The lowest BCUT2D eigenvalue weighted by atomic mass is 9.44. The van der Waals surface area contributed by atoms with E-state index in [9.17, 15) is 9.90 Å². The zero-order chi connectivity index (χ0) is 12.3. The summed E-state index contributed by atoms with van der Waals surface area (Å²) < 4.78 is 0. The van der Waals surface area contributed by atoms with Crippen molar-refractivity contribution in [3.63, 3.8) is 0 Å². The molecule has 4 bridgehead atoms. The number of hydrogen-bond acceptors (Lipinski definition) is 2. The molecule has 5 rings (SSSR count). The van der Waals surface area contributed by atoms with Crippen molar-refractivity contribution in [2.75, 3.05) is 0 Å². The molecule has 0 spiro atoms. The SMILES string of the molecule is O=C(O)C12CC3CC(CC(C3)C1c1c[nH]cn1)C2. The van der Waals surface area contributed by atoms with Crippen LogP contribution in [0, 0.1) is 23.2 Å². The average molecular weight is 246 g/mol. The Hall–Kier alpha value is -1.32. The lowest BCUT2D eigenvalue weighted by Crippen LogP contribution is -2.55. The van der Waals surface area contributed by atoms with Crippen LogP contribution in [0.5, 0.6) is 0 Å². The maximum absolute atomic E-state index is 11.9. The Morgan fingerprint density at radius 1 is 1.33 bits per heavy atom. The summed E-state index contributed by atoms with van der Waals surface area (Å²) in [6, 6.07) is 0. The largest absolute Gasteiger partial charge is 0.481 e. The van der Waals surface area contributed by atoms with Crippen LogP contribution in [0.2, 0.25) is 0 Å². The number of nitrogens with one attached hydrogen (secondary N) is 1. The van der Waals surface area contributed by atoms with E-state index in [1.165, 1.54) is 19.3 Å². The molecule has 4 saturated carbocycles. The second kappa shape index (κ2) is 3.37. The highest BCUT2D eigenvalue weighted by atomic mass is 16.4. The number of aromatic nitrogens is 2. The molecule has 4 aliphatic rings. The summed E-state index contributed by atoms with van der Waals surface area (Å²) in [7, 11) is 0. The highest BCUT2D eigenvalue weighted by Gasteiger charge is 2.61. The number of imidazole rings is 1. The smallest absolute Gasteiger partial charge is 0.310 e. The zero-order valence-electron chi connectivity index (χ0n) is 10.3. The normalized spacial score (nSPS) is 45.3. The second-order valence-corrected chi connectivity index (χ2v) is 6.54. The van der Waals surface area contributed by atoms with Gasteiger partial charge in [-0.05, 0) is 49.9 Å². The highest BCUT2D eigenvalue weighted by molar-refractivity contribution is 5.77. The van der Waals surface area contributed by atoms with Gasteiger partial charge in [0.05, 0.1) is 17.4 Å². The van der Waals surface area contributed by atoms with E-state index in [4.69, 9.17) is 0 Å². The van der Waals surface area contributed by atoms with E-state index in [1.54, 1.807) is 6.33 Å². The van der Waals surface area contributed by atoms with Crippen LogP contribution < -0.4 is 0 Å². The molecule has 96 valence electrons. The Bertz CT molecular complexity index is 468.